The van der Waals surface area contributed by atoms with Gasteiger partial charge in [-0.15, -0.1) is 0 Å². The molecule has 1 aliphatic heterocycles. The molecule has 1 aliphatic rings. The molecule has 1 saturated heterocycles. The SMILES string of the molecule is CCOP(=O)(OCC)c1ccc2[nH]c(O)c(C(=Nc3ccc(N(C)C(=O)CN4CCCCC4)cc3)c3ccccc3)c2c1. The molecule has 43 heavy (non-hydrogen) atoms. The number of rotatable bonds is 11. The molecular formula is C33H39N4O5P. The molecule has 0 radical (unpaired) electrons. The van der Waals surface area contributed by atoms with Gasteiger partial charge in [-0.1, -0.05) is 36.8 Å². The van der Waals surface area contributed by atoms with Crippen LogP contribution in [0.15, 0.2) is 77.8 Å². The number of carbonyl (C=O) groups excluding carboxylic acids is 1. The van der Waals surface area contributed by atoms with Crippen LogP contribution < -0.4 is 10.2 Å². The van der Waals surface area contributed by atoms with E-state index in [0.717, 1.165) is 37.2 Å². The minimum absolute atomic E-state index is 0.0547. The third-order valence-electron chi connectivity index (χ3n) is 7.62. The molecule has 4 aromatic rings. The normalized spacial score (nSPS) is 14.7. The molecule has 5 rings (SSSR count). The Hall–Kier alpha value is -3.75. The smallest absolute Gasteiger partial charge is 0.361 e. The van der Waals surface area contributed by atoms with Crippen LogP contribution in [0.4, 0.5) is 11.4 Å². The number of hydrogen-bond acceptors (Lipinski definition) is 7. The number of hydrogen-bond donors (Lipinski definition) is 2. The van der Waals surface area contributed by atoms with Crippen LogP contribution in [-0.2, 0) is 18.4 Å². The molecule has 0 aliphatic carbocycles. The number of anilines is 1. The maximum atomic E-state index is 13.6. The summed E-state index contributed by atoms with van der Waals surface area (Å²) in [5.74, 6) is -0.00360. The Morgan fingerprint density at radius 2 is 1.65 bits per heavy atom. The number of piperidine rings is 1. The van der Waals surface area contributed by atoms with Crippen LogP contribution in [0.3, 0.4) is 0 Å². The van der Waals surface area contributed by atoms with E-state index < -0.39 is 7.60 Å². The molecule has 0 saturated carbocycles. The summed E-state index contributed by atoms with van der Waals surface area (Å²) in [5.41, 5.74) is 3.89. The van der Waals surface area contributed by atoms with Gasteiger partial charge in [-0.3, -0.25) is 14.3 Å². The van der Waals surface area contributed by atoms with Crippen LogP contribution in [0.25, 0.3) is 10.9 Å². The van der Waals surface area contributed by atoms with Crippen molar-refractivity contribution in [3.05, 3.63) is 83.9 Å². The maximum absolute atomic E-state index is 13.6. The summed E-state index contributed by atoms with van der Waals surface area (Å²) in [4.78, 5) is 24.9. The van der Waals surface area contributed by atoms with E-state index in [1.54, 1.807) is 44.0 Å². The van der Waals surface area contributed by atoms with Crippen molar-refractivity contribution < 1.29 is 23.5 Å². The van der Waals surface area contributed by atoms with Gasteiger partial charge in [0.1, 0.15) is 0 Å². The number of amides is 1. The second-order valence-electron chi connectivity index (χ2n) is 10.5. The third kappa shape index (κ3) is 6.92. The summed E-state index contributed by atoms with van der Waals surface area (Å²) in [7, 11) is -1.76. The molecule has 2 N–H and O–H groups in total. The Morgan fingerprint density at radius 1 is 0.977 bits per heavy atom. The molecule has 2 heterocycles. The van der Waals surface area contributed by atoms with Crippen LogP contribution >= 0.6 is 7.60 Å². The van der Waals surface area contributed by atoms with Gasteiger partial charge in [0.05, 0.1) is 42.0 Å². The van der Waals surface area contributed by atoms with Crippen molar-refractivity contribution in [2.24, 2.45) is 4.99 Å². The molecule has 1 amide bonds. The van der Waals surface area contributed by atoms with Gasteiger partial charge in [-0.25, -0.2) is 4.99 Å². The molecule has 0 bridgehead atoms. The van der Waals surface area contributed by atoms with E-state index >= 15 is 0 Å². The van der Waals surface area contributed by atoms with E-state index in [9.17, 15) is 14.5 Å². The van der Waals surface area contributed by atoms with Gasteiger partial charge in [0, 0.05) is 29.2 Å². The average Bonchev–Trinajstić information content (AvgIpc) is 3.35. The van der Waals surface area contributed by atoms with Gasteiger partial charge in [0.15, 0.2) is 5.88 Å². The van der Waals surface area contributed by atoms with Crippen LogP contribution in [0.5, 0.6) is 5.88 Å². The van der Waals surface area contributed by atoms with E-state index in [4.69, 9.17) is 14.0 Å². The second kappa shape index (κ2) is 13.7. The number of nitrogens with zero attached hydrogens (tertiary/aromatic N) is 3. The number of aromatic amines is 1. The van der Waals surface area contributed by atoms with Crippen molar-refractivity contribution in [1.29, 1.82) is 0 Å². The number of aromatic nitrogens is 1. The number of aliphatic imine (C=N–C) groups is 1. The van der Waals surface area contributed by atoms with Crippen LogP contribution in [0.2, 0.25) is 0 Å². The summed E-state index contributed by atoms with van der Waals surface area (Å²) in [6.07, 6.45) is 3.50. The first kappa shape index (κ1) is 30.7. The zero-order valence-corrected chi connectivity index (χ0v) is 25.8. The van der Waals surface area contributed by atoms with Gasteiger partial charge < -0.3 is 24.0 Å². The highest BCUT2D eigenvalue weighted by atomic mass is 31.2. The van der Waals surface area contributed by atoms with E-state index in [-0.39, 0.29) is 25.0 Å². The van der Waals surface area contributed by atoms with Crippen LogP contribution in [0, 0.1) is 0 Å². The van der Waals surface area contributed by atoms with Crippen molar-refractivity contribution >= 4 is 46.8 Å². The molecule has 226 valence electrons. The fourth-order valence-electron chi connectivity index (χ4n) is 5.40. The lowest BCUT2D eigenvalue weighted by molar-refractivity contribution is -0.119. The van der Waals surface area contributed by atoms with Gasteiger partial charge in [-0.2, -0.15) is 0 Å². The number of likely N-dealkylation sites (tertiary alicyclic amines) is 1. The molecule has 10 heteroatoms. The van der Waals surface area contributed by atoms with E-state index in [2.05, 4.69) is 9.88 Å². The topological polar surface area (TPSA) is 107 Å². The van der Waals surface area contributed by atoms with Crippen LogP contribution in [0.1, 0.15) is 44.2 Å². The third-order valence-corrected chi connectivity index (χ3v) is 9.73. The first-order valence-electron chi connectivity index (χ1n) is 14.8. The minimum atomic E-state index is -3.56. The molecule has 0 spiro atoms. The average molecular weight is 603 g/mol. The number of H-pyrrole nitrogens is 1. The predicted molar refractivity (Wildman–Crippen MR) is 172 cm³/mol. The lowest BCUT2D eigenvalue weighted by Crippen LogP contribution is -2.40. The first-order valence-corrected chi connectivity index (χ1v) is 16.3. The van der Waals surface area contributed by atoms with E-state index in [1.807, 2.05) is 54.6 Å². The lowest BCUT2D eigenvalue weighted by atomic mass is 10.0. The first-order chi connectivity index (χ1) is 20.8. The maximum Gasteiger partial charge on any atom is 0.361 e. The molecule has 1 aromatic heterocycles. The molecule has 9 nitrogen and oxygen atoms in total. The quantitative estimate of drug-likeness (QED) is 0.152. The predicted octanol–water partition coefficient (Wildman–Crippen LogP) is 6.38. The number of nitrogens with one attached hydrogen (secondary N) is 1. The minimum Gasteiger partial charge on any atom is -0.494 e. The number of fused-ring (bicyclic) bond motifs is 1. The summed E-state index contributed by atoms with van der Waals surface area (Å²) >= 11 is 0. The van der Waals surface area contributed by atoms with Crippen LogP contribution in [-0.4, -0.2) is 66.5 Å². The highest BCUT2D eigenvalue weighted by Crippen LogP contribution is 2.47. The molecule has 3 aromatic carbocycles. The van der Waals surface area contributed by atoms with Gasteiger partial charge in [-0.05, 0) is 82.2 Å². The molecular weight excluding hydrogens is 563 g/mol. The lowest BCUT2D eigenvalue weighted by Gasteiger charge is -2.28. The standard InChI is InChI=1S/C33H39N4O5P/c1-4-41-43(40,42-5-2)27-18-19-29-28(22-27)31(33(39)35-29)32(24-12-8-6-9-13-24)34-25-14-16-26(17-15-25)36(3)30(38)23-37-20-10-7-11-21-37/h6,8-9,12-19,22,35,39H,4-5,7,10-11,20-21,23H2,1-3H3. The van der Waals surface area contributed by atoms with Crippen molar-refractivity contribution in [3.63, 3.8) is 0 Å². The summed E-state index contributed by atoms with van der Waals surface area (Å²) in [5, 5.41) is 12.2. The summed E-state index contributed by atoms with van der Waals surface area (Å²) < 4.78 is 24.7. The van der Waals surface area contributed by atoms with Crippen molar-refractivity contribution in [2.75, 3.05) is 44.8 Å². The monoisotopic (exact) mass is 602 g/mol. The molecule has 0 atom stereocenters. The Morgan fingerprint density at radius 3 is 2.30 bits per heavy atom. The zero-order chi connectivity index (χ0) is 30.4. The molecule has 1 fully saturated rings. The Balaban J connectivity index is 1.52. The second-order valence-corrected chi connectivity index (χ2v) is 12.6. The Labute approximate surface area is 252 Å². The van der Waals surface area contributed by atoms with E-state index in [1.165, 1.54) is 6.42 Å². The largest absolute Gasteiger partial charge is 0.494 e. The number of likely N-dealkylation sites (N-methyl/N-ethyl adjacent to an activating group) is 1. The fraction of sp³-hybridized carbons (Fsp3) is 0.333. The highest BCUT2D eigenvalue weighted by Gasteiger charge is 2.29. The number of aromatic hydroxyl groups is 1. The summed E-state index contributed by atoms with van der Waals surface area (Å²) in [6, 6.07) is 22.2. The van der Waals surface area contributed by atoms with Crippen molar-refractivity contribution in [2.45, 2.75) is 33.1 Å². The summed E-state index contributed by atoms with van der Waals surface area (Å²) in [6.45, 7) is 6.34. The van der Waals surface area contributed by atoms with Gasteiger partial charge in [0.25, 0.3) is 0 Å². The number of carbonyl (C=O) groups is 1. The fourth-order valence-corrected chi connectivity index (χ4v) is 7.00. The van der Waals surface area contributed by atoms with Gasteiger partial charge >= 0.3 is 7.60 Å². The Bertz CT molecular complexity index is 1620. The van der Waals surface area contributed by atoms with Crippen molar-refractivity contribution in [1.82, 2.24) is 9.88 Å². The Kier molecular flexibility index (Phi) is 9.78. The highest BCUT2D eigenvalue weighted by molar-refractivity contribution is 7.62. The number of benzene rings is 3. The molecule has 0 unspecified atom stereocenters. The zero-order valence-electron chi connectivity index (χ0n) is 25.0. The van der Waals surface area contributed by atoms with E-state index in [0.29, 0.717) is 39.7 Å². The van der Waals surface area contributed by atoms with Crippen molar-refractivity contribution in [3.8, 4) is 5.88 Å². The van der Waals surface area contributed by atoms with Gasteiger partial charge in [0.2, 0.25) is 5.91 Å².